The van der Waals surface area contributed by atoms with Gasteiger partial charge in [0.25, 0.3) is 0 Å². The topological polar surface area (TPSA) is 21.8 Å². The molecule has 1 heterocycles. The van der Waals surface area contributed by atoms with Crippen LogP contribution in [-0.4, -0.2) is 37.6 Å². The average molecular weight is 419 g/mol. The van der Waals surface area contributed by atoms with Crippen LogP contribution in [0.15, 0.2) is 0 Å². The molecular weight excluding hydrogens is 379 g/mol. The molecule has 2 unspecified atom stereocenters. The summed E-state index contributed by atoms with van der Waals surface area (Å²) in [6.07, 6.45) is 10.2. The molecule has 0 aromatic rings. The third kappa shape index (κ3) is 8.01. The van der Waals surface area contributed by atoms with Gasteiger partial charge in [0.1, 0.15) is 0 Å². The Labute approximate surface area is 144 Å². The molecule has 1 rings (SSSR count). The average Bonchev–Trinajstić information content (AvgIpc) is 3.31. The van der Waals surface area contributed by atoms with Gasteiger partial charge in [-0.05, 0) is 0 Å². The summed E-state index contributed by atoms with van der Waals surface area (Å²) in [5.41, 5.74) is 0. The molecule has 0 aromatic carbocycles. The first-order valence-electron chi connectivity index (χ1n) is 9.86. The Kier molecular flexibility index (Phi) is 10.7. The first-order valence-corrected chi connectivity index (χ1v) is 17.1. The summed E-state index contributed by atoms with van der Waals surface area (Å²) in [4.78, 5) is 0. The van der Waals surface area contributed by atoms with Crippen molar-refractivity contribution >= 4 is 18.8 Å². The van der Waals surface area contributed by atoms with Crippen molar-refractivity contribution in [2.45, 2.75) is 105 Å². The summed E-state index contributed by atoms with van der Waals surface area (Å²) in [5.74, 6) is 0.630. The van der Waals surface area contributed by atoms with E-state index in [4.69, 9.17) is 7.81 Å². The molecule has 2 nitrogen and oxygen atoms in total. The fourth-order valence-corrected chi connectivity index (χ4v) is 17.9. The summed E-state index contributed by atoms with van der Waals surface area (Å²) in [5, 5.41) is 0. The second-order valence-electron chi connectivity index (χ2n) is 7.59. The second-order valence-corrected chi connectivity index (χ2v) is 19.3. The number of epoxide rings is 1. The van der Waals surface area contributed by atoms with Crippen molar-refractivity contribution in [2.75, 3.05) is 6.61 Å². The van der Waals surface area contributed by atoms with Gasteiger partial charge in [0, 0.05) is 0 Å². The first-order chi connectivity index (χ1) is 10.6. The molecule has 1 saturated heterocycles. The van der Waals surface area contributed by atoms with Crippen molar-refractivity contribution < 1.29 is 7.81 Å². The van der Waals surface area contributed by atoms with Crippen LogP contribution in [0.2, 0.25) is 13.3 Å². The van der Waals surface area contributed by atoms with Crippen LogP contribution in [0.1, 0.15) is 79.6 Å². The molecule has 1 aliphatic rings. The summed E-state index contributed by atoms with van der Waals surface area (Å²) in [6, 6.07) is 0. The van der Waals surface area contributed by atoms with Crippen molar-refractivity contribution in [1.29, 1.82) is 0 Å². The molecule has 3 heteroatoms. The summed E-state index contributed by atoms with van der Waals surface area (Å²) >= 11 is -2.45. The minimum atomic E-state index is -2.45. The molecule has 22 heavy (non-hydrogen) atoms. The molecule has 0 N–H and O–H groups in total. The molecule has 1 aliphatic heterocycles. The second kappa shape index (κ2) is 11.3. The van der Waals surface area contributed by atoms with E-state index in [0.717, 1.165) is 13.0 Å². The molecule has 0 amide bonds. The van der Waals surface area contributed by atoms with Gasteiger partial charge < -0.3 is 0 Å². The van der Waals surface area contributed by atoms with Gasteiger partial charge in [0.05, 0.1) is 0 Å². The molecule has 1 fully saturated rings. The zero-order valence-corrected chi connectivity index (χ0v) is 18.7. The van der Waals surface area contributed by atoms with Crippen LogP contribution < -0.4 is 0 Å². The Morgan fingerprint density at radius 1 is 0.955 bits per heavy atom. The summed E-state index contributed by atoms with van der Waals surface area (Å²) in [7, 11) is 0. The number of rotatable bonds is 14. The van der Waals surface area contributed by atoms with E-state index in [1.54, 1.807) is 0 Å². The van der Waals surface area contributed by atoms with Crippen LogP contribution in [-0.2, 0) is 7.81 Å². The van der Waals surface area contributed by atoms with Crippen molar-refractivity contribution in [2.24, 2.45) is 5.92 Å². The van der Waals surface area contributed by atoms with Crippen LogP contribution in [0.4, 0.5) is 0 Å². The Hall–Kier alpha value is 0.719. The predicted molar refractivity (Wildman–Crippen MR) is 99.0 cm³/mol. The van der Waals surface area contributed by atoms with E-state index >= 15 is 0 Å². The SMILES string of the molecule is CCC[CH2][Sn]([CH2]CCC)([CH2]CCC)[O]C(CC1CO1)C(C)C. The number of unbranched alkanes of at least 4 members (excludes halogenated alkanes) is 3. The zero-order chi connectivity index (χ0) is 16.4. The van der Waals surface area contributed by atoms with Gasteiger partial charge in [-0.25, -0.2) is 0 Å². The number of hydrogen-bond acceptors (Lipinski definition) is 2. The van der Waals surface area contributed by atoms with Crippen molar-refractivity contribution in [3.05, 3.63) is 0 Å². The Balaban J connectivity index is 2.75. The summed E-state index contributed by atoms with van der Waals surface area (Å²) in [6.45, 7) is 12.6. The van der Waals surface area contributed by atoms with E-state index in [1.165, 1.54) is 51.8 Å². The third-order valence-electron chi connectivity index (χ3n) is 5.00. The van der Waals surface area contributed by atoms with Gasteiger partial charge >= 0.3 is 144 Å². The molecule has 0 aliphatic carbocycles. The van der Waals surface area contributed by atoms with Gasteiger partial charge in [-0.3, -0.25) is 0 Å². The summed E-state index contributed by atoms with van der Waals surface area (Å²) < 4.78 is 16.9. The van der Waals surface area contributed by atoms with E-state index in [1.807, 2.05) is 0 Å². The van der Waals surface area contributed by atoms with E-state index in [0.29, 0.717) is 18.1 Å². The van der Waals surface area contributed by atoms with E-state index in [2.05, 4.69) is 34.6 Å². The molecule has 0 radical (unpaired) electrons. The Morgan fingerprint density at radius 2 is 1.41 bits per heavy atom. The predicted octanol–water partition coefficient (Wildman–Crippen LogP) is 6.16. The molecule has 132 valence electrons. The zero-order valence-electron chi connectivity index (χ0n) is 15.8. The Bertz CT molecular complexity index is 255. The van der Waals surface area contributed by atoms with Gasteiger partial charge in [0.2, 0.25) is 0 Å². The third-order valence-corrected chi connectivity index (χ3v) is 18.1. The maximum atomic E-state index is 7.09. The van der Waals surface area contributed by atoms with Crippen molar-refractivity contribution in [3.63, 3.8) is 0 Å². The molecule has 0 saturated carbocycles. The van der Waals surface area contributed by atoms with E-state index in [-0.39, 0.29) is 0 Å². The Morgan fingerprint density at radius 3 is 1.73 bits per heavy atom. The first kappa shape index (κ1) is 20.8. The van der Waals surface area contributed by atoms with Gasteiger partial charge in [-0.15, -0.1) is 0 Å². The van der Waals surface area contributed by atoms with Crippen molar-refractivity contribution in [3.8, 4) is 0 Å². The fraction of sp³-hybridized carbons (Fsp3) is 1.00. The quantitative estimate of drug-likeness (QED) is 0.248. The standard InChI is InChI=1S/C7H13O2.3C4H9.Sn/c1-5(2)7(8)3-6-4-9-6;3*1-3-4-2;/h5-7H,3-4H2,1-2H3;3*1,3-4H2,2H3;/q-1;;;;+1. The van der Waals surface area contributed by atoms with Crippen LogP contribution in [0, 0.1) is 5.92 Å². The van der Waals surface area contributed by atoms with Gasteiger partial charge in [-0.2, -0.15) is 0 Å². The molecule has 0 aromatic heterocycles. The fourth-order valence-electron chi connectivity index (χ4n) is 3.29. The monoisotopic (exact) mass is 420 g/mol. The van der Waals surface area contributed by atoms with Crippen LogP contribution in [0.5, 0.6) is 0 Å². The number of ether oxygens (including phenoxy) is 1. The molecule has 0 spiro atoms. The van der Waals surface area contributed by atoms with E-state index in [9.17, 15) is 0 Å². The minimum absolute atomic E-state index is 0.453. The number of hydrogen-bond donors (Lipinski definition) is 0. The van der Waals surface area contributed by atoms with Crippen LogP contribution in [0.3, 0.4) is 0 Å². The van der Waals surface area contributed by atoms with Gasteiger partial charge in [0.15, 0.2) is 0 Å². The van der Waals surface area contributed by atoms with Crippen molar-refractivity contribution in [1.82, 2.24) is 0 Å². The maximum absolute atomic E-state index is 7.09. The molecule has 2 atom stereocenters. The molecule has 0 bridgehead atoms. The normalized spacial score (nSPS) is 19.6. The van der Waals surface area contributed by atoms with E-state index < -0.39 is 18.8 Å². The van der Waals surface area contributed by atoms with Gasteiger partial charge in [-0.1, -0.05) is 0 Å². The van der Waals surface area contributed by atoms with Crippen LogP contribution >= 0.6 is 0 Å². The molecular formula is C19H40O2Sn. The van der Waals surface area contributed by atoms with Crippen LogP contribution in [0.25, 0.3) is 0 Å².